The molecule has 0 spiro atoms. The molecule has 0 saturated carbocycles. The molecule has 7 nitrogen and oxygen atoms in total. The van der Waals surface area contributed by atoms with Crippen LogP contribution in [-0.4, -0.2) is 19.9 Å². The van der Waals surface area contributed by atoms with E-state index >= 15 is 0 Å². The number of fused-ring (bicyclic) bond motifs is 2. The third kappa shape index (κ3) is 3.95. The lowest BCUT2D eigenvalue weighted by Crippen LogP contribution is -2.29. The lowest BCUT2D eigenvalue weighted by molar-refractivity contribution is 0.0997. The minimum Gasteiger partial charge on any atom is -0.309 e. The summed E-state index contributed by atoms with van der Waals surface area (Å²) < 4.78 is 3.19. The molecule has 32 heavy (non-hydrogen) atoms. The van der Waals surface area contributed by atoms with Crippen LogP contribution in [0.1, 0.15) is 47.7 Å². The minimum atomic E-state index is -0.439. The van der Waals surface area contributed by atoms with Crippen LogP contribution in [0.2, 0.25) is 0 Å². The molecule has 0 unspecified atom stereocenters. The van der Waals surface area contributed by atoms with Gasteiger partial charge in [0.2, 0.25) is 0 Å². The zero-order valence-corrected chi connectivity index (χ0v) is 18.1. The molecule has 0 fully saturated rings. The van der Waals surface area contributed by atoms with E-state index in [1.165, 1.54) is 10.5 Å². The zero-order valence-electron chi connectivity index (χ0n) is 18.1. The Morgan fingerprint density at radius 1 is 1.16 bits per heavy atom. The first-order valence-electron chi connectivity index (χ1n) is 10.6. The predicted octanol–water partition coefficient (Wildman–Crippen LogP) is 3.76. The topological polar surface area (TPSA) is 92.5 Å². The summed E-state index contributed by atoms with van der Waals surface area (Å²) in [7, 11) is 0. The number of nitrogens with zero attached hydrogens (tertiary/aromatic N) is 5. The van der Waals surface area contributed by atoms with Crippen LogP contribution in [0.3, 0.4) is 0 Å². The molecule has 0 aliphatic carbocycles. The molecule has 7 heteroatoms. The van der Waals surface area contributed by atoms with Crippen LogP contribution in [0, 0.1) is 18.3 Å². The van der Waals surface area contributed by atoms with Gasteiger partial charge in [-0.1, -0.05) is 43.5 Å². The van der Waals surface area contributed by atoms with E-state index in [0.29, 0.717) is 28.8 Å². The van der Waals surface area contributed by atoms with Crippen LogP contribution < -0.4 is 11.0 Å². The molecule has 3 heterocycles. The summed E-state index contributed by atoms with van der Waals surface area (Å²) in [5, 5.41) is 10.2. The van der Waals surface area contributed by atoms with Crippen molar-refractivity contribution >= 4 is 22.6 Å². The third-order valence-electron chi connectivity index (χ3n) is 5.37. The molecule has 1 amide bonds. The number of hydrogen-bond donors (Lipinski definition) is 0. The monoisotopic (exact) mass is 425 g/mol. The number of aromatic nitrogens is 3. The quantitative estimate of drug-likeness (QED) is 0.359. The van der Waals surface area contributed by atoms with Crippen molar-refractivity contribution in [2.45, 2.75) is 39.7 Å². The van der Waals surface area contributed by atoms with Crippen molar-refractivity contribution in [3.63, 3.8) is 0 Å². The average molecular weight is 425 g/mol. The molecule has 0 radical (unpaired) electrons. The Labute approximate surface area is 184 Å². The largest absolute Gasteiger partial charge is 0.309 e. The van der Waals surface area contributed by atoms with Crippen LogP contribution in [0.25, 0.3) is 16.7 Å². The summed E-state index contributed by atoms with van der Waals surface area (Å²) in [5.41, 5.74) is 2.45. The Bertz CT molecular complexity index is 1510. The van der Waals surface area contributed by atoms with Gasteiger partial charge in [-0.3, -0.25) is 14.0 Å². The summed E-state index contributed by atoms with van der Waals surface area (Å²) in [5.74, 6) is -0.439. The Balaban J connectivity index is 2.05. The van der Waals surface area contributed by atoms with Gasteiger partial charge in [0.1, 0.15) is 17.4 Å². The normalized spacial score (nSPS) is 11.7. The van der Waals surface area contributed by atoms with Gasteiger partial charge in [-0.05, 0) is 43.7 Å². The third-order valence-corrected chi connectivity index (χ3v) is 5.37. The van der Waals surface area contributed by atoms with Gasteiger partial charge in [0.15, 0.2) is 5.49 Å². The van der Waals surface area contributed by atoms with Crippen molar-refractivity contribution < 1.29 is 4.79 Å². The van der Waals surface area contributed by atoms with Gasteiger partial charge in [-0.15, -0.1) is 0 Å². The van der Waals surface area contributed by atoms with E-state index in [0.717, 1.165) is 24.8 Å². The summed E-state index contributed by atoms with van der Waals surface area (Å²) in [6, 6.07) is 16.1. The first-order chi connectivity index (χ1) is 15.5. The molecule has 0 atom stereocenters. The van der Waals surface area contributed by atoms with Crippen molar-refractivity contribution in [1.29, 1.82) is 5.26 Å². The Kier molecular flexibility index (Phi) is 5.95. The molecule has 0 N–H and O–H groups in total. The van der Waals surface area contributed by atoms with E-state index in [-0.39, 0.29) is 16.6 Å². The number of rotatable bonds is 5. The van der Waals surface area contributed by atoms with Gasteiger partial charge < -0.3 is 4.57 Å². The van der Waals surface area contributed by atoms with Crippen molar-refractivity contribution in [3.05, 3.63) is 87.3 Å². The fourth-order valence-electron chi connectivity index (χ4n) is 3.75. The number of benzene rings is 1. The van der Waals surface area contributed by atoms with Crippen molar-refractivity contribution in [1.82, 2.24) is 14.0 Å². The highest BCUT2D eigenvalue weighted by Crippen LogP contribution is 2.12. The summed E-state index contributed by atoms with van der Waals surface area (Å²) in [4.78, 5) is 35.1. The van der Waals surface area contributed by atoms with Crippen molar-refractivity contribution in [2.75, 3.05) is 0 Å². The fraction of sp³-hybridized carbons (Fsp3) is 0.240. The van der Waals surface area contributed by atoms with E-state index in [9.17, 15) is 14.9 Å². The fourth-order valence-corrected chi connectivity index (χ4v) is 3.75. The van der Waals surface area contributed by atoms with Gasteiger partial charge in [0, 0.05) is 18.3 Å². The van der Waals surface area contributed by atoms with E-state index in [1.807, 2.05) is 19.1 Å². The maximum atomic E-state index is 13.1. The highest BCUT2D eigenvalue weighted by atomic mass is 16.1. The highest BCUT2D eigenvalue weighted by Gasteiger charge is 2.15. The van der Waals surface area contributed by atoms with Gasteiger partial charge in [0.25, 0.3) is 11.5 Å². The van der Waals surface area contributed by atoms with Crippen LogP contribution in [0.5, 0.6) is 0 Å². The molecule has 4 aromatic rings. The highest BCUT2D eigenvalue weighted by molar-refractivity contribution is 5.95. The first kappa shape index (κ1) is 21.2. The molecule has 0 bridgehead atoms. The summed E-state index contributed by atoms with van der Waals surface area (Å²) in [6.45, 7) is 4.50. The van der Waals surface area contributed by atoms with Crippen LogP contribution in [0.4, 0.5) is 0 Å². The molecule has 0 saturated heterocycles. The second-order valence-corrected chi connectivity index (χ2v) is 7.72. The molecular formula is C25H23N5O2. The summed E-state index contributed by atoms with van der Waals surface area (Å²) in [6.07, 6.45) is 4.42. The van der Waals surface area contributed by atoms with Crippen molar-refractivity contribution in [3.8, 4) is 6.07 Å². The molecule has 160 valence electrons. The van der Waals surface area contributed by atoms with E-state index in [2.05, 4.69) is 18.0 Å². The Hall–Kier alpha value is -4.05. The number of aryl methyl sites for hydroxylation is 2. The van der Waals surface area contributed by atoms with Gasteiger partial charge in [-0.2, -0.15) is 10.3 Å². The number of carbonyl (C=O) groups is 1. The second-order valence-electron chi connectivity index (χ2n) is 7.72. The lowest BCUT2D eigenvalue weighted by atomic mass is 10.1. The van der Waals surface area contributed by atoms with Gasteiger partial charge in [0.05, 0.1) is 10.9 Å². The molecule has 1 aromatic carbocycles. The number of amides is 1. The standard InChI is InChI=1S/C25H23N5O2/c1-3-4-6-13-30-22(28-24(31)18-10-8-9-17(2)14-18)19(16-26)15-20-23(30)27-21-11-5-7-12-29(21)25(20)32/h5,7-12,14-15H,3-4,6,13H2,1-2H3. The van der Waals surface area contributed by atoms with Gasteiger partial charge in [-0.25, -0.2) is 4.98 Å². The van der Waals surface area contributed by atoms with Crippen LogP contribution >= 0.6 is 0 Å². The number of carbonyl (C=O) groups excluding carboxylic acids is 1. The molecule has 3 aromatic heterocycles. The maximum Gasteiger partial charge on any atom is 0.279 e. The molecule has 0 aliphatic rings. The average Bonchev–Trinajstić information content (AvgIpc) is 2.80. The molecule has 0 aliphatic heterocycles. The summed E-state index contributed by atoms with van der Waals surface area (Å²) >= 11 is 0. The van der Waals surface area contributed by atoms with E-state index in [1.54, 1.807) is 41.1 Å². The lowest BCUT2D eigenvalue weighted by Gasteiger charge is -2.13. The van der Waals surface area contributed by atoms with Gasteiger partial charge >= 0.3 is 0 Å². The van der Waals surface area contributed by atoms with Crippen molar-refractivity contribution in [2.24, 2.45) is 4.99 Å². The number of nitriles is 1. The number of pyridine rings is 2. The maximum absolute atomic E-state index is 13.1. The van der Waals surface area contributed by atoms with E-state index < -0.39 is 5.91 Å². The van der Waals surface area contributed by atoms with Crippen LogP contribution in [0.15, 0.2) is 64.5 Å². The minimum absolute atomic E-state index is 0.171. The van der Waals surface area contributed by atoms with E-state index in [4.69, 9.17) is 4.98 Å². The zero-order chi connectivity index (χ0) is 22.7. The number of unbranched alkanes of at least 4 members (excludes halogenated alkanes) is 2. The molecule has 4 rings (SSSR count). The molecular weight excluding hydrogens is 402 g/mol. The Morgan fingerprint density at radius 2 is 2.00 bits per heavy atom. The smallest absolute Gasteiger partial charge is 0.279 e. The van der Waals surface area contributed by atoms with Crippen LogP contribution in [-0.2, 0) is 6.54 Å². The first-order valence-corrected chi connectivity index (χ1v) is 10.6. The SMILES string of the molecule is CCCCCn1c(=NC(=O)c2cccc(C)c2)c(C#N)cc2c(=O)n3ccccc3nc21. The Morgan fingerprint density at radius 3 is 2.75 bits per heavy atom. The predicted molar refractivity (Wildman–Crippen MR) is 122 cm³/mol. The number of hydrogen-bond acceptors (Lipinski definition) is 4. The second kappa shape index (κ2) is 8.98.